The minimum Gasteiger partial charge on any atom is -0.466 e. The fourth-order valence-electron chi connectivity index (χ4n) is 3.04. The van der Waals surface area contributed by atoms with E-state index < -0.39 is 23.4 Å². The molecule has 1 atom stereocenters. The van der Waals surface area contributed by atoms with Crippen molar-refractivity contribution in [2.24, 2.45) is 5.73 Å². The molecule has 144 valence electrons. The topological polar surface area (TPSA) is 136 Å². The Morgan fingerprint density at radius 3 is 2.81 bits per heavy atom. The van der Waals surface area contributed by atoms with Crippen LogP contribution in [0, 0.1) is 0 Å². The van der Waals surface area contributed by atoms with Crippen LogP contribution < -0.4 is 20.8 Å². The van der Waals surface area contributed by atoms with Crippen molar-refractivity contribution in [1.29, 1.82) is 0 Å². The fraction of sp³-hybridized carbons (Fsp3) is 0.353. The number of hydrogen-bond acceptors (Lipinski definition) is 6. The Balaban J connectivity index is 2.06. The molecular formula is C17H18ClN3O6. The lowest BCUT2D eigenvalue weighted by Crippen LogP contribution is -2.22. The minimum absolute atomic E-state index is 0.0256. The second-order valence-corrected chi connectivity index (χ2v) is 6.32. The van der Waals surface area contributed by atoms with Crippen LogP contribution >= 0.6 is 11.6 Å². The number of benzene rings is 1. The Morgan fingerprint density at radius 1 is 1.33 bits per heavy atom. The number of ether oxygens (including phenoxy) is 3. The van der Waals surface area contributed by atoms with Gasteiger partial charge in [-0.15, -0.1) is 0 Å². The molecule has 2 heterocycles. The Labute approximate surface area is 158 Å². The van der Waals surface area contributed by atoms with Crippen LogP contribution in [-0.2, 0) is 20.7 Å². The maximum atomic E-state index is 12.4. The van der Waals surface area contributed by atoms with Crippen LogP contribution in [0.15, 0.2) is 16.9 Å². The summed E-state index contributed by atoms with van der Waals surface area (Å²) in [6, 6.07) is 3.23. The van der Waals surface area contributed by atoms with Gasteiger partial charge in [-0.2, -0.15) is 0 Å². The molecule has 1 aliphatic rings. The Bertz CT molecular complexity index is 935. The largest absolute Gasteiger partial charge is 0.466 e. The third-order valence-corrected chi connectivity index (χ3v) is 4.41. The number of hydrogen-bond donors (Lipinski definition) is 3. The number of halogens is 1. The summed E-state index contributed by atoms with van der Waals surface area (Å²) in [5.41, 5.74) is 6.01. The van der Waals surface area contributed by atoms with Gasteiger partial charge in [0.25, 0.3) is 5.56 Å². The third kappa shape index (κ3) is 3.92. The number of H-pyrrole nitrogens is 2. The van der Waals surface area contributed by atoms with Gasteiger partial charge in [0.2, 0.25) is 12.7 Å². The first kappa shape index (κ1) is 18.8. The smallest absolute Gasteiger partial charge is 0.311 e. The van der Waals surface area contributed by atoms with E-state index in [1.165, 1.54) is 0 Å². The molecule has 0 spiro atoms. The molecule has 0 bridgehead atoms. The van der Waals surface area contributed by atoms with E-state index in [9.17, 15) is 14.4 Å². The number of nitrogens with one attached hydrogen (secondary N) is 2. The first-order valence-electron chi connectivity index (χ1n) is 8.23. The highest BCUT2D eigenvalue weighted by Gasteiger charge is 2.29. The quantitative estimate of drug-likeness (QED) is 0.602. The predicted molar refractivity (Wildman–Crippen MR) is 95.0 cm³/mol. The number of carbonyl (C=O) groups excluding carboxylic acids is 2. The zero-order valence-electron chi connectivity index (χ0n) is 14.5. The maximum absolute atomic E-state index is 12.4. The number of carbonyl (C=O) groups is 2. The van der Waals surface area contributed by atoms with Crippen LogP contribution in [0.2, 0.25) is 5.02 Å². The van der Waals surface area contributed by atoms with Crippen molar-refractivity contribution in [2.75, 3.05) is 13.4 Å². The van der Waals surface area contributed by atoms with Crippen LogP contribution in [-0.4, -0.2) is 35.5 Å². The molecule has 27 heavy (non-hydrogen) atoms. The van der Waals surface area contributed by atoms with Crippen molar-refractivity contribution in [3.05, 3.63) is 44.3 Å². The summed E-state index contributed by atoms with van der Waals surface area (Å²) in [5.74, 6) is -1.04. The summed E-state index contributed by atoms with van der Waals surface area (Å²) in [6.45, 7) is 1.92. The number of nitrogens with two attached hydrogens (primary N) is 1. The van der Waals surface area contributed by atoms with Gasteiger partial charge in [-0.3, -0.25) is 19.5 Å². The number of amides is 1. The molecule has 1 amide bonds. The van der Waals surface area contributed by atoms with Gasteiger partial charge in [0.1, 0.15) is 0 Å². The summed E-state index contributed by atoms with van der Waals surface area (Å²) in [6.07, 6.45) is -0.317. The number of fused-ring (bicyclic) bond motifs is 1. The summed E-state index contributed by atoms with van der Waals surface area (Å²) >= 11 is 6.23. The average molecular weight is 396 g/mol. The first-order chi connectivity index (χ1) is 12.9. The number of rotatable bonds is 7. The van der Waals surface area contributed by atoms with E-state index in [4.69, 9.17) is 31.5 Å². The average Bonchev–Trinajstić information content (AvgIpc) is 3.20. The molecular weight excluding hydrogens is 378 g/mol. The van der Waals surface area contributed by atoms with Crippen LogP contribution in [0.25, 0.3) is 0 Å². The summed E-state index contributed by atoms with van der Waals surface area (Å²) < 4.78 is 15.6. The molecule has 4 N–H and O–H groups in total. The highest BCUT2D eigenvalue weighted by molar-refractivity contribution is 6.32. The van der Waals surface area contributed by atoms with E-state index in [1.54, 1.807) is 19.1 Å². The van der Waals surface area contributed by atoms with Crippen molar-refractivity contribution in [2.45, 2.75) is 25.7 Å². The molecule has 1 aromatic heterocycles. The molecule has 1 aliphatic heterocycles. The Kier molecular flexibility index (Phi) is 5.41. The molecule has 0 saturated carbocycles. The SMILES string of the molecule is CCOC(=O)Cc1[nH][nH]c(=O)c1[C@H](CC(N)=O)c1cc(Cl)c2c(c1)OCO2. The second-order valence-electron chi connectivity index (χ2n) is 5.91. The Morgan fingerprint density at radius 2 is 2.11 bits per heavy atom. The van der Waals surface area contributed by atoms with Crippen molar-refractivity contribution < 1.29 is 23.8 Å². The normalized spacial score (nSPS) is 13.4. The minimum atomic E-state index is -0.728. The van der Waals surface area contributed by atoms with E-state index >= 15 is 0 Å². The van der Waals surface area contributed by atoms with Gasteiger partial charge in [-0.05, 0) is 24.6 Å². The predicted octanol–water partition coefficient (Wildman–Crippen LogP) is 1.20. The van der Waals surface area contributed by atoms with E-state index in [-0.39, 0.29) is 36.8 Å². The van der Waals surface area contributed by atoms with Gasteiger partial charge in [-0.1, -0.05) is 11.6 Å². The number of aromatic amines is 2. The second kappa shape index (κ2) is 7.75. The van der Waals surface area contributed by atoms with E-state index in [0.717, 1.165) is 0 Å². The molecule has 2 aromatic rings. The van der Waals surface area contributed by atoms with Crippen molar-refractivity contribution in [1.82, 2.24) is 10.2 Å². The molecule has 10 heteroatoms. The van der Waals surface area contributed by atoms with Gasteiger partial charge in [-0.25, -0.2) is 0 Å². The van der Waals surface area contributed by atoms with Crippen molar-refractivity contribution >= 4 is 23.5 Å². The molecule has 9 nitrogen and oxygen atoms in total. The lowest BCUT2D eigenvalue weighted by molar-refractivity contribution is -0.142. The molecule has 0 saturated heterocycles. The number of aromatic nitrogens is 2. The van der Waals surface area contributed by atoms with Gasteiger partial charge in [0.15, 0.2) is 11.5 Å². The van der Waals surface area contributed by atoms with Gasteiger partial charge >= 0.3 is 5.97 Å². The van der Waals surface area contributed by atoms with Gasteiger partial charge in [0.05, 0.1) is 23.7 Å². The van der Waals surface area contributed by atoms with Crippen LogP contribution in [0.4, 0.5) is 0 Å². The fourth-order valence-corrected chi connectivity index (χ4v) is 3.32. The van der Waals surface area contributed by atoms with Gasteiger partial charge < -0.3 is 25.0 Å². The summed E-state index contributed by atoms with van der Waals surface area (Å²) in [4.78, 5) is 35.9. The highest BCUT2D eigenvalue weighted by Crippen LogP contribution is 2.43. The molecule has 0 fully saturated rings. The van der Waals surface area contributed by atoms with E-state index in [2.05, 4.69) is 10.2 Å². The van der Waals surface area contributed by atoms with Crippen molar-refractivity contribution in [3.8, 4) is 11.5 Å². The molecule has 1 aromatic carbocycles. The zero-order valence-corrected chi connectivity index (χ0v) is 15.2. The Hall–Kier alpha value is -2.94. The van der Waals surface area contributed by atoms with E-state index in [1.807, 2.05) is 0 Å². The first-order valence-corrected chi connectivity index (χ1v) is 8.60. The van der Waals surface area contributed by atoms with E-state index in [0.29, 0.717) is 22.8 Å². The van der Waals surface area contributed by atoms with Crippen LogP contribution in [0.1, 0.15) is 36.1 Å². The molecule has 0 aliphatic carbocycles. The molecule has 0 unspecified atom stereocenters. The maximum Gasteiger partial charge on any atom is 0.311 e. The van der Waals surface area contributed by atoms with Crippen molar-refractivity contribution in [3.63, 3.8) is 0 Å². The third-order valence-electron chi connectivity index (χ3n) is 4.13. The number of esters is 1. The summed E-state index contributed by atoms with van der Waals surface area (Å²) in [7, 11) is 0. The summed E-state index contributed by atoms with van der Waals surface area (Å²) in [5, 5.41) is 5.41. The van der Waals surface area contributed by atoms with Crippen LogP contribution in [0.3, 0.4) is 0 Å². The standard InChI is InChI=1S/C17H18ClN3O6/c1-2-25-14(23)6-11-15(17(24)21-20-11)9(5-13(19)22)8-3-10(18)16-12(4-8)26-7-27-16/h3-4,9H,2,5-7H2,1H3,(H2,19,22)(H2,20,21,24)/t9-/m1/s1. The highest BCUT2D eigenvalue weighted by atomic mass is 35.5. The molecule has 0 radical (unpaired) electrons. The molecule has 3 rings (SSSR count). The lowest BCUT2D eigenvalue weighted by atomic mass is 9.87. The lowest BCUT2D eigenvalue weighted by Gasteiger charge is -2.17. The number of primary amides is 1. The zero-order chi connectivity index (χ0) is 19.6. The monoisotopic (exact) mass is 395 g/mol. The van der Waals surface area contributed by atoms with Gasteiger partial charge in [0, 0.05) is 17.9 Å². The van der Waals surface area contributed by atoms with Crippen LogP contribution in [0.5, 0.6) is 11.5 Å².